The molecular formula is C14H12BrNO5S. The van der Waals surface area contributed by atoms with E-state index in [9.17, 15) is 13.2 Å². The van der Waals surface area contributed by atoms with E-state index in [2.05, 4.69) is 20.7 Å². The van der Waals surface area contributed by atoms with E-state index in [1.165, 1.54) is 19.2 Å². The van der Waals surface area contributed by atoms with Crippen molar-refractivity contribution in [2.75, 3.05) is 11.8 Å². The fraction of sp³-hybridized carbons (Fsp3) is 0.0714. The highest BCUT2D eigenvalue weighted by Gasteiger charge is 2.22. The molecule has 8 heteroatoms. The molecule has 0 saturated heterocycles. The topological polar surface area (TPSA) is 92.7 Å². The molecule has 0 heterocycles. The fourth-order valence-corrected chi connectivity index (χ4v) is 3.55. The van der Waals surface area contributed by atoms with Crippen molar-refractivity contribution in [3.8, 4) is 5.75 Å². The number of carboxylic acid groups (broad SMARTS) is 1. The monoisotopic (exact) mass is 385 g/mol. The molecule has 0 unspecified atom stereocenters. The highest BCUT2D eigenvalue weighted by atomic mass is 79.9. The Bertz CT molecular complexity index is 820. The van der Waals surface area contributed by atoms with Gasteiger partial charge in [-0.05, 0) is 46.3 Å². The lowest BCUT2D eigenvalue weighted by Gasteiger charge is -2.13. The van der Waals surface area contributed by atoms with E-state index in [0.29, 0.717) is 10.2 Å². The number of methoxy groups -OCH3 is 1. The molecule has 2 aromatic carbocycles. The van der Waals surface area contributed by atoms with Crippen molar-refractivity contribution in [3.05, 3.63) is 52.5 Å². The molecule has 6 nitrogen and oxygen atoms in total. The highest BCUT2D eigenvalue weighted by Crippen LogP contribution is 2.29. The van der Waals surface area contributed by atoms with Crippen molar-refractivity contribution in [1.82, 2.24) is 0 Å². The fourth-order valence-electron chi connectivity index (χ4n) is 1.76. The van der Waals surface area contributed by atoms with Gasteiger partial charge in [0.05, 0.1) is 18.4 Å². The summed E-state index contributed by atoms with van der Waals surface area (Å²) in [6, 6.07) is 10.3. The van der Waals surface area contributed by atoms with Crippen molar-refractivity contribution in [2.45, 2.75) is 4.90 Å². The van der Waals surface area contributed by atoms with Crippen LogP contribution in [0.5, 0.6) is 5.75 Å². The molecule has 0 saturated carbocycles. The first-order valence-corrected chi connectivity index (χ1v) is 8.31. The Morgan fingerprint density at radius 2 is 1.91 bits per heavy atom. The maximum absolute atomic E-state index is 12.5. The van der Waals surface area contributed by atoms with Crippen LogP contribution in [0.1, 0.15) is 10.4 Å². The van der Waals surface area contributed by atoms with Gasteiger partial charge in [-0.25, -0.2) is 13.2 Å². The number of sulfonamides is 1. The summed E-state index contributed by atoms with van der Waals surface area (Å²) < 4.78 is 33.0. The number of rotatable bonds is 5. The molecule has 0 bridgehead atoms. The van der Waals surface area contributed by atoms with Crippen molar-refractivity contribution in [2.24, 2.45) is 0 Å². The van der Waals surface area contributed by atoms with Crippen LogP contribution in [0, 0.1) is 0 Å². The molecule has 0 spiro atoms. The molecule has 0 amide bonds. The number of carboxylic acids is 1. The SMILES string of the molecule is COc1ccc(C(=O)O)cc1S(=O)(=O)Nc1ccccc1Br. The van der Waals surface area contributed by atoms with Crippen LogP contribution in [-0.2, 0) is 10.0 Å². The number of nitrogens with one attached hydrogen (secondary N) is 1. The average Bonchev–Trinajstić information content (AvgIpc) is 2.48. The van der Waals surface area contributed by atoms with E-state index < -0.39 is 16.0 Å². The number of halogens is 1. The molecular weight excluding hydrogens is 374 g/mol. The first kappa shape index (κ1) is 16.3. The van der Waals surface area contributed by atoms with Gasteiger partial charge in [0.25, 0.3) is 10.0 Å². The maximum Gasteiger partial charge on any atom is 0.335 e. The van der Waals surface area contributed by atoms with E-state index in [4.69, 9.17) is 9.84 Å². The summed E-state index contributed by atoms with van der Waals surface area (Å²) in [5.74, 6) is -1.16. The Labute approximate surface area is 135 Å². The van der Waals surface area contributed by atoms with Gasteiger partial charge < -0.3 is 9.84 Å². The second-order valence-electron chi connectivity index (χ2n) is 4.26. The number of aromatic carboxylic acids is 1. The summed E-state index contributed by atoms with van der Waals surface area (Å²) in [5.41, 5.74) is 0.193. The third kappa shape index (κ3) is 3.40. The summed E-state index contributed by atoms with van der Waals surface area (Å²) in [4.78, 5) is 10.8. The zero-order valence-electron chi connectivity index (χ0n) is 11.4. The number of anilines is 1. The van der Waals surface area contributed by atoms with Gasteiger partial charge in [-0.3, -0.25) is 4.72 Å². The minimum Gasteiger partial charge on any atom is -0.495 e. The molecule has 2 N–H and O–H groups in total. The zero-order chi connectivity index (χ0) is 16.3. The van der Waals surface area contributed by atoms with Crippen molar-refractivity contribution in [3.63, 3.8) is 0 Å². The molecule has 2 aromatic rings. The molecule has 116 valence electrons. The lowest BCUT2D eigenvalue weighted by molar-refractivity contribution is 0.0696. The third-order valence-electron chi connectivity index (χ3n) is 2.82. The van der Waals surface area contributed by atoms with Crippen LogP contribution in [0.3, 0.4) is 0 Å². The van der Waals surface area contributed by atoms with Gasteiger partial charge >= 0.3 is 5.97 Å². The zero-order valence-corrected chi connectivity index (χ0v) is 13.8. The van der Waals surface area contributed by atoms with Crippen molar-refractivity contribution < 1.29 is 23.1 Å². The van der Waals surface area contributed by atoms with E-state index >= 15 is 0 Å². The molecule has 0 aromatic heterocycles. The molecule has 0 aliphatic rings. The summed E-state index contributed by atoms with van der Waals surface area (Å²) in [6.07, 6.45) is 0. The quantitative estimate of drug-likeness (QED) is 0.824. The second-order valence-corrected chi connectivity index (χ2v) is 6.76. The van der Waals surface area contributed by atoms with Crippen LogP contribution in [0.25, 0.3) is 0 Å². The Kier molecular flexibility index (Phi) is 4.72. The first-order valence-electron chi connectivity index (χ1n) is 6.04. The molecule has 22 heavy (non-hydrogen) atoms. The van der Waals surface area contributed by atoms with Crippen LogP contribution in [0.4, 0.5) is 5.69 Å². The number of para-hydroxylation sites is 1. The van der Waals surface area contributed by atoms with Crippen LogP contribution in [-0.4, -0.2) is 26.6 Å². The summed E-state index contributed by atoms with van der Waals surface area (Å²) >= 11 is 3.24. The van der Waals surface area contributed by atoms with Crippen LogP contribution in [0.15, 0.2) is 51.8 Å². The van der Waals surface area contributed by atoms with Gasteiger partial charge in [-0.2, -0.15) is 0 Å². The lowest BCUT2D eigenvalue weighted by atomic mass is 10.2. The summed E-state index contributed by atoms with van der Waals surface area (Å²) in [7, 11) is -2.69. The molecule has 2 rings (SSSR count). The van der Waals surface area contributed by atoms with Crippen molar-refractivity contribution in [1.29, 1.82) is 0 Å². The molecule has 0 aliphatic heterocycles. The minimum absolute atomic E-state index is 0.0598. The largest absolute Gasteiger partial charge is 0.495 e. The van der Waals surface area contributed by atoms with Crippen LogP contribution < -0.4 is 9.46 Å². The number of hydrogen-bond acceptors (Lipinski definition) is 4. The van der Waals surface area contributed by atoms with E-state index in [0.717, 1.165) is 6.07 Å². The maximum atomic E-state index is 12.5. The van der Waals surface area contributed by atoms with Gasteiger partial charge in [0.1, 0.15) is 10.6 Å². The van der Waals surface area contributed by atoms with Gasteiger partial charge in [0, 0.05) is 4.47 Å². The third-order valence-corrected chi connectivity index (χ3v) is 4.90. The highest BCUT2D eigenvalue weighted by molar-refractivity contribution is 9.10. The van der Waals surface area contributed by atoms with Crippen molar-refractivity contribution >= 4 is 37.6 Å². The Balaban J connectivity index is 2.51. The normalized spacial score (nSPS) is 11.0. The minimum atomic E-state index is -4.00. The molecule has 0 atom stereocenters. The predicted molar refractivity (Wildman–Crippen MR) is 84.9 cm³/mol. The number of ether oxygens (including phenoxy) is 1. The smallest absolute Gasteiger partial charge is 0.335 e. The predicted octanol–water partition coefficient (Wildman–Crippen LogP) is 2.96. The Morgan fingerprint density at radius 3 is 2.50 bits per heavy atom. The Hall–Kier alpha value is -2.06. The Morgan fingerprint density at radius 1 is 1.23 bits per heavy atom. The van der Waals surface area contributed by atoms with Crippen LogP contribution in [0.2, 0.25) is 0 Å². The van der Waals surface area contributed by atoms with E-state index in [1.807, 2.05) is 0 Å². The lowest BCUT2D eigenvalue weighted by Crippen LogP contribution is -2.15. The first-order chi connectivity index (χ1) is 10.3. The summed E-state index contributed by atoms with van der Waals surface area (Å²) in [5, 5.41) is 9.01. The number of hydrogen-bond donors (Lipinski definition) is 2. The van der Waals surface area contributed by atoms with E-state index in [1.54, 1.807) is 24.3 Å². The van der Waals surface area contributed by atoms with E-state index in [-0.39, 0.29) is 16.2 Å². The van der Waals surface area contributed by atoms with Gasteiger partial charge in [-0.1, -0.05) is 12.1 Å². The average molecular weight is 386 g/mol. The molecule has 0 fully saturated rings. The molecule has 0 radical (unpaired) electrons. The number of carbonyl (C=O) groups is 1. The number of benzene rings is 2. The standard InChI is InChI=1S/C14H12BrNO5S/c1-21-12-7-6-9(14(17)18)8-13(12)22(19,20)16-11-5-3-2-4-10(11)15/h2-8,16H,1H3,(H,17,18). The van der Waals surface area contributed by atoms with Crippen LogP contribution >= 0.6 is 15.9 Å². The van der Waals surface area contributed by atoms with Gasteiger partial charge in [0.15, 0.2) is 0 Å². The molecule has 0 aliphatic carbocycles. The second kappa shape index (κ2) is 6.37. The van der Waals surface area contributed by atoms with Gasteiger partial charge in [-0.15, -0.1) is 0 Å². The summed E-state index contributed by atoms with van der Waals surface area (Å²) in [6.45, 7) is 0. The van der Waals surface area contributed by atoms with Gasteiger partial charge in [0.2, 0.25) is 0 Å².